The standard InChI is InChI=1S/C29H46O3/c1-20(23-6-12-26(30)13-7-23)18-21-2-4-22(5-3-21)19-29(24-8-14-27(31)15-9-24)25-10-16-28(32)17-11-25/h2-5,20,23-32H,6-19H2,1H3. The van der Waals surface area contributed by atoms with E-state index in [-0.39, 0.29) is 18.3 Å². The van der Waals surface area contributed by atoms with Crippen LogP contribution in [-0.2, 0) is 12.8 Å². The van der Waals surface area contributed by atoms with Crippen LogP contribution < -0.4 is 0 Å². The third-order valence-electron chi connectivity index (χ3n) is 9.29. The summed E-state index contributed by atoms with van der Waals surface area (Å²) in [6.07, 6.45) is 14.9. The van der Waals surface area contributed by atoms with Crippen molar-refractivity contribution in [3.8, 4) is 0 Å². The van der Waals surface area contributed by atoms with Crippen LogP contribution >= 0.6 is 0 Å². The molecule has 3 aliphatic carbocycles. The fourth-order valence-electron chi connectivity index (χ4n) is 7.07. The van der Waals surface area contributed by atoms with Crippen molar-refractivity contribution in [2.24, 2.45) is 29.6 Å². The van der Waals surface area contributed by atoms with Crippen molar-refractivity contribution in [2.45, 2.75) is 115 Å². The lowest BCUT2D eigenvalue weighted by atomic mass is 9.67. The van der Waals surface area contributed by atoms with Gasteiger partial charge in [0.15, 0.2) is 0 Å². The van der Waals surface area contributed by atoms with Gasteiger partial charge in [-0.2, -0.15) is 0 Å². The third kappa shape index (κ3) is 6.58. The predicted molar refractivity (Wildman–Crippen MR) is 130 cm³/mol. The maximum Gasteiger partial charge on any atom is 0.0540 e. The van der Waals surface area contributed by atoms with E-state index < -0.39 is 0 Å². The van der Waals surface area contributed by atoms with Gasteiger partial charge in [0.2, 0.25) is 0 Å². The van der Waals surface area contributed by atoms with E-state index in [0.717, 1.165) is 94.8 Å². The zero-order chi connectivity index (χ0) is 22.5. The van der Waals surface area contributed by atoms with Gasteiger partial charge in [0, 0.05) is 0 Å². The second-order valence-electron chi connectivity index (χ2n) is 11.6. The van der Waals surface area contributed by atoms with Crippen LogP contribution in [0.1, 0.15) is 95.1 Å². The van der Waals surface area contributed by atoms with Crippen molar-refractivity contribution >= 4 is 0 Å². The first-order valence-electron chi connectivity index (χ1n) is 13.6. The minimum Gasteiger partial charge on any atom is -0.393 e. The highest BCUT2D eigenvalue weighted by Crippen LogP contribution is 2.42. The molecule has 3 heteroatoms. The smallest absolute Gasteiger partial charge is 0.0540 e. The molecule has 1 aromatic rings. The maximum atomic E-state index is 10.0. The van der Waals surface area contributed by atoms with E-state index in [1.807, 2.05) is 0 Å². The lowest BCUT2D eigenvalue weighted by Crippen LogP contribution is -2.33. The van der Waals surface area contributed by atoms with Crippen molar-refractivity contribution in [3.63, 3.8) is 0 Å². The minimum absolute atomic E-state index is 0.0643. The second kappa shape index (κ2) is 11.5. The summed E-state index contributed by atoms with van der Waals surface area (Å²) in [6.45, 7) is 2.39. The van der Waals surface area contributed by atoms with Crippen LogP contribution in [0.3, 0.4) is 0 Å². The monoisotopic (exact) mass is 442 g/mol. The molecule has 3 N–H and O–H groups in total. The Kier molecular flexibility index (Phi) is 8.70. The number of rotatable bonds is 7. The van der Waals surface area contributed by atoms with Crippen molar-refractivity contribution in [1.82, 2.24) is 0 Å². The average molecular weight is 443 g/mol. The highest BCUT2D eigenvalue weighted by Gasteiger charge is 2.34. The summed E-state index contributed by atoms with van der Waals surface area (Å²) >= 11 is 0. The molecule has 0 heterocycles. The molecule has 0 bridgehead atoms. The summed E-state index contributed by atoms with van der Waals surface area (Å²) in [5, 5.41) is 29.8. The number of aliphatic hydroxyl groups is 3. The fraction of sp³-hybridized carbons (Fsp3) is 0.793. The van der Waals surface area contributed by atoms with Crippen molar-refractivity contribution < 1.29 is 15.3 Å². The van der Waals surface area contributed by atoms with Crippen LogP contribution in [0.5, 0.6) is 0 Å². The first-order valence-corrected chi connectivity index (χ1v) is 13.6. The molecule has 0 amide bonds. The van der Waals surface area contributed by atoms with Crippen LogP contribution in [0.25, 0.3) is 0 Å². The molecule has 3 nitrogen and oxygen atoms in total. The summed E-state index contributed by atoms with van der Waals surface area (Å²) in [6, 6.07) is 9.45. The molecular weight excluding hydrogens is 396 g/mol. The average Bonchev–Trinajstić information content (AvgIpc) is 2.80. The van der Waals surface area contributed by atoms with E-state index in [1.54, 1.807) is 0 Å². The van der Waals surface area contributed by atoms with E-state index in [1.165, 1.54) is 24.0 Å². The van der Waals surface area contributed by atoms with Gasteiger partial charge in [-0.1, -0.05) is 31.2 Å². The minimum atomic E-state index is -0.0891. The quantitative estimate of drug-likeness (QED) is 0.509. The molecule has 0 spiro atoms. The zero-order valence-electron chi connectivity index (χ0n) is 20.2. The first-order chi connectivity index (χ1) is 15.5. The Hall–Kier alpha value is -0.900. The second-order valence-corrected chi connectivity index (χ2v) is 11.6. The number of hydrogen-bond acceptors (Lipinski definition) is 3. The fourth-order valence-corrected chi connectivity index (χ4v) is 7.07. The largest absolute Gasteiger partial charge is 0.393 e. The van der Waals surface area contributed by atoms with Crippen molar-refractivity contribution in [3.05, 3.63) is 35.4 Å². The van der Waals surface area contributed by atoms with Crippen LogP contribution in [0, 0.1) is 29.6 Å². The Morgan fingerprint density at radius 1 is 0.562 bits per heavy atom. The van der Waals surface area contributed by atoms with E-state index in [9.17, 15) is 15.3 Å². The SMILES string of the molecule is CC(Cc1ccc(CC(C2CCC(O)CC2)C2CCC(O)CC2)cc1)C1CCC(O)CC1. The molecule has 3 saturated carbocycles. The topological polar surface area (TPSA) is 60.7 Å². The lowest BCUT2D eigenvalue weighted by Gasteiger charge is -2.39. The van der Waals surface area contributed by atoms with Gasteiger partial charge in [0.1, 0.15) is 0 Å². The normalized spacial score (nSPS) is 35.9. The Morgan fingerprint density at radius 2 is 0.906 bits per heavy atom. The van der Waals surface area contributed by atoms with E-state index in [4.69, 9.17) is 0 Å². The van der Waals surface area contributed by atoms with Crippen LogP contribution in [0.15, 0.2) is 24.3 Å². The van der Waals surface area contributed by atoms with Gasteiger partial charge in [-0.15, -0.1) is 0 Å². The van der Waals surface area contributed by atoms with Gasteiger partial charge < -0.3 is 15.3 Å². The summed E-state index contributed by atoms with van der Waals surface area (Å²) in [5.74, 6) is 3.57. The summed E-state index contributed by atoms with van der Waals surface area (Å²) in [4.78, 5) is 0. The molecule has 1 unspecified atom stereocenters. The maximum absolute atomic E-state index is 10.0. The molecule has 0 aliphatic heterocycles. The third-order valence-corrected chi connectivity index (χ3v) is 9.29. The van der Waals surface area contributed by atoms with Gasteiger partial charge in [0.25, 0.3) is 0 Å². The zero-order valence-corrected chi connectivity index (χ0v) is 20.2. The van der Waals surface area contributed by atoms with E-state index in [0.29, 0.717) is 11.8 Å². The summed E-state index contributed by atoms with van der Waals surface area (Å²) in [5.41, 5.74) is 2.91. The van der Waals surface area contributed by atoms with Crippen LogP contribution in [0.4, 0.5) is 0 Å². The highest BCUT2D eigenvalue weighted by atomic mass is 16.3. The molecule has 180 valence electrons. The van der Waals surface area contributed by atoms with Crippen LogP contribution in [0.2, 0.25) is 0 Å². The molecule has 4 rings (SSSR count). The molecule has 0 aromatic heterocycles. The number of aliphatic hydroxyl groups excluding tert-OH is 3. The Balaban J connectivity index is 1.36. The molecule has 0 radical (unpaired) electrons. The Labute approximate surface area is 195 Å². The summed E-state index contributed by atoms with van der Waals surface area (Å²) in [7, 11) is 0. The van der Waals surface area contributed by atoms with Gasteiger partial charge in [-0.05, 0) is 131 Å². The highest BCUT2D eigenvalue weighted by molar-refractivity contribution is 5.23. The molecule has 32 heavy (non-hydrogen) atoms. The molecule has 0 saturated heterocycles. The van der Waals surface area contributed by atoms with Crippen molar-refractivity contribution in [1.29, 1.82) is 0 Å². The van der Waals surface area contributed by atoms with E-state index >= 15 is 0 Å². The van der Waals surface area contributed by atoms with Gasteiger partial charge in [0.05, 0.1) is 18.3 Å². The van der Waals surface area contributed by atoms with Crippen molar-refractivity contribution in [2.75, 3.05) is 0 Å². The number of hydrogen-bond donors (Lipinski definition) is 3. The van der Waals surface area contributed by atoms with Gasteiger partial charge >= 0.3 is 0 Å². The lowest BCUT2D eigenvalue weighted by molar-refractivity contribution is 0.0463. The van der Waals surface area contributed by atoms with Gasteiger partial charge in [-0.25, -0.2) is 0 Å². The molecular formula is C29H46O3. The first kappa shape index (κ1) is 24.2. The number of benzene rings is 1. The predicted octanol–water partition coefficient (Wildman–Crippen LogP) is 5.68. The van der Waals surface area contributed by atoms with Gasteiger partial charge in [-0.3, -0.25) is 0 Å². The molecule has 3 fully saturated rings. The molecule has 3 aliphatic rings. The molecule has 1 aromatic carbocycles. The van der Waals surface area contributed by atoms with E-state index in [2.05, 4.69) is 31.2 Å². The Bertz CT molecular complexity index is 640. The Morgan fingerprint density at radius 3 is 1.31 bits per heavy atom. The molecule has 1 atom stereocenters. The van der Waals surface area contributed by atoms with Crippen LogP contribution in [-0.4, -0.2) is 33.6 Å². The summed E-state index contributed by atoms with van der Waals surface area (Å²) < 4.78 is 0.